The molecule has 3 aliphatic rings. The first kappa shape index (κ1) is 19.7. The van der Waals surface area contributed by atoms with Gasteiger partial charge in [0.25, 0.3) is 0 Å². The molecular formula is C23H30ClN3O. The van der Waals surface area contributed by atoms with Gasteiger partial charge in [0.2, 0.25) is 5.91 Å². The van der Waals surface area contributed by atoms with E-state index in [-0.39, 0.29) is 17.2 Å². The van der Waals surface area contributed by atoms with Crippen LogP contribution in [0.25, 0.3) is 0 Å². The Kier molecular flexibility index (Phi) is 5.67. The quantitative estimate of drug-likeness (QED) is 0.752. The number of carbonyl (C=O) groups is 1. The van der Waals surface area contributed by atoms with Gasteiger partial charge in [0.1, 0.15) is 0 Å². The van der Waals surface area contributed by atoms with E-state index in [0.29, 0.717) is 10.4 Å². The smallest absolute Gasteiger partial charge is 0.227 e. The van der Waals surface area contributed by atoms with Crippen LogP contribution >= 0.6 is 11.6 Å². The first-order chi connectivity index (χ1) is 13.5. The number of nitrogens with one attached hydrogen (secondary N) is 1. The summed E-state index contributed by atoms with van der Waals surface area (Å²) in [5, 5.41) is 13.4. The van der Waals surface area contributed by atoms with Gasteiger partial charge in [-0.3, -0.25) is 4.79 Å². The maximum atomic E-state index is 12.6. The third-order valence-corrected chi connectivity index (χ3v) is 7.44. The van der Waals surface area contributed by atoms with Crippen LogP contribution in [0.1, 0.15) is 57.8 Å². The lowest BCUT2D eigenvalue weighted by Crippen LogP contribution is -2.60. The van der Waals surface area contributed by atoms with Crippen LogP contribution in [0, 0.1) is 28.1 Å². The van der Waals surface area contributed by atoms with E-state index in [1.165, 1.54) is 19.3 Å². The molecule has 0 bridgehead atoms. The van der Waals surface area contributed by atoms with Crippen molar-refractivity contribution in [1.29, 1.82) is 5.26 Å². The third-order valence-electron chi connectivity index (χ3n) is 7.20. The predicted octanol–water partition coefficient (Wildman–Crippen LogP) is 5.24. The Morgan fingerprint density at radius 2 is 1.89 bits per heavy atom. The molecule has 4 rings (SSSR count). The molecule has 1 saturated heterocycles. The molecule has 0 unspecified atom stereocenters. The highest BCUT2D eigenvalue weighted by Gasteiger charge is 2.48. The third kappa shape index (κ3) is 4.21. The van der Waals surface area contributed by atoms with Crippen molar-refractivity contribution < 1.29 is 4.79 Å². The molecule has 4 nitrogen and oxygen atoms in total. The SMILES string of the molecule is N#CC1(CN2CC3(CCC(C(=O)Nc4cccc(Cl)c4)CC3)C2)CCCCC1. The number of halogens is 1. The standard InChI is InChI=1S/C23H30ClN3O/c24-19-5-4-6-20(13-19)26-21(28)18-7-11-23(12-8-18)16-27(17-23)15-22(14-25)9-2-1-3-10-22/h4-6,13,18H,1-3,7-12,15-17H2,(H,26,28). The minimum atomic E-state index is -0.103. The van der Waals surface area contributed by atoms with Gasteiger partial charge in [0, 0.05) is 36.3 Å². The van der Waals surface area contributed by atoms with E-state index in [1.807, 2.05) is 18.2 Å². The highest BCUT2D eigenvalue weighted by molar-refractivity contribution is 6.30. The lowest BCUT2D eigenvalue weighted by Gasteiger charge is -2.55. The Morgan fingerprint density at radius 1 is 1.18 bits per heavy atom. The minimum Gasteiger partial charge on any atom is -0.326 e. The van der Waals surface area contributed by atoms with Gasteiger partial charge in [-0.05, 0) is 62.1 Å². The monoisotopic (exact) mass is 399 g/mol. The fourth-order valence-corrected chi connectivity index (χ4v) is 5.79. The number of benzene rings is 1. The summed E-state index contributed by atoms with van der Waals surface area (Å²) in [6, 6.07) is 10.0. The number of nitriles is 1. The summed E-state index contributed by atoms with van der Waals surface area (Å²) >= 11 is 6.01. The van der Waals surface area contributed by atoms with Gasteiger partial charge >= 0.3 is 0 Å². The molecule has 0 aromatic heterocycles. The molecule has 1 spiro atoms. The summed E-state index contributed by atoms with van der Waals surface area (Å²) < 4.78 is 0. The zero-order valence-corrected chi connectivity index (χ0v) is 17.3. The molecule has 0 atom stereocenters. The fourth-order valence-electron chi connectivity index (χ4n) is 5.60. The summed E-state index contributed by atoms with van der Waals surface area (Å²) in [6.07, 6.45) is 10.00. The summed E-state index contributed by atoms with van der Waals surface area (Å²) in [5.74, 6) is 0.224. The first-order valence-corrected chi connectivity index (χ1v) is 11.1. The van der Waals surface area contributed by atoms with Crippen molar-refractivity contribution in [2.24, 2.45) is 16.7 Å². The number of likely N-dealkylation sites (tertiary alicyclic amines) is 1. The fraction of sp³-hybridized carbons (Fsp3) is 0.652. The second-order valence-electron chi connectivity index (χ2n) is 9.37. The Bertz CT molecular complexity index is 749. The van der Waals surface area contributed by atoms with E-state index in [4.69, 9.17) is 11.6 Å². The molecule has 0 radical (unpaired) electrons. The summed E-state index contributed by atoms with van der Waals surface area (Å²) in [6.45, 7) is 3.17. The minimum absolute atomic E-state index is 0.0995. The van der Waals surface area contributed by atoms with Crippen molar-refractivity contribution in [3.63, 3.8) is 0 Å². The molecule has 1 heterocycles. The molecule has 1 aromatic rings. The van der Waals surface area contributed by atoms with Crippen LogP contribution in [-0.4, -0.2) is 30.4 Å². The van der Waals surface area contributed by atoms with Crippen molar-refractivity contribution in [3.8, 4) is 6.07 Å². The number of hydrogen-bond acceptors (Lipinski definition) is 3. The van der Waals surface area contributed by atoms with Crippen LogP contribution < -0.4 is 5.32 Å². The molecule has 5 heteroatoms. The van der Waals surface area contributed by atoms with Crippen LogP contribution in [0.3, 0.4) is 0 Å². The van der Waals surface area contributed by atoms with Gasteiger partial charge < -0.3 is 10.2 Å². The number of rotatable bonds is 4. The van der Waals surface area contributed by atoms with Crippen LogP contribution in [0.4, 0.5) is 5.69 Å². The van der Waals surface area contributed by atoms with E-state index >= 15 is 0 Å². The Hall–Kier alpha value is -1.57. The Morgan fingerprint density at radius 3 is 2.54 bits per heavy atom. The molecule has 2 saturated carbocycles. The van der Waals surface area contributed by atoms with Crippen LogP contribution in [-0.2, 0) is 4.79 Å². The Labute approximate surface area is 173 Å². The largest absolute Gasteiger partial charge is 0.326 e. The summed E-state index contributed by atoms with van der Waals surface area (Å²) in [7, 11) is 0. The summed E-state index contributed by atoms with van der Waals surface area (Å²) in [5.41, 5.74) is 1.06. The predicted molar refractivity (Wildman–Crippen MR) is 112 cm³/mol. The zero-order chi connectivity index (χ0) is 19.6. The molecule has 3 fully saturated rings. The van der Waals surface area contributed by atoms with Crippen molar-refractivity contribution in [1.82, 2.24) is 4.90 Å². The highest BCUT2D eigenvalue weighted by atomic mass is 35.5. The van der Waals surface area contributed by atoms with Crippen molar-refractivity contribution >= 4 is 23.2 Å². The van der Waals surface area contributed by atoms with Gasteiger partial charge in [0.15, 0.2) is 0 Å². The topological polar surface area (TPSA) is 56.1 Å². The molecular weight excluding hydrogens is 370 g/mol. The second-order valence-corrected chi connectivity index (χ2v) is 9.81. The average Bonchev–Trinajstić information content (AvgIpc) is 2.68. The normalized spacial score (nSPS) is 24.3. The number of nitrogens with zero attached hydrogens (tertiary/aromatic N) is 2. The molecule has 1 amide bonds. The number of anilines is 1. The van der Waals surface area contributed by atoms with E-state index in [9.17, 15) is 10.1 Å². The highest BCUT2D eigenvalue weighted by Crippen LogP contribution is 2.48. The molecule has 1 aromatic carbocycles. The average molecular weight is 400 g/mol. The molecule has 2 aliphatic carbocycles. The van der Waals surface area contributed by atoms with E-state index in [2.05, 4.69) is 16.3 Å². The number of amides is 1. The number of carbonyl (C=O) groups excluding carboxylic acids is 1. The van der Waals surface area contributed by atoms with Gasteiger partial charge in [0.05, 0.1) is 11.5 Å². The molecule has 1 aliphatic heterocycles. The maximum Gasteiger partial charge on any atom is 0.227 e. The maximum absolute atomic E-state index is 12.6. The second kappa shape index (κ2) is 8.05. The van der Waals surface area contributed by atoms with Gasteiger partial charge in [-0.2, -0.15) is 5.26 Å². The van der Waals surface area contributed by atoms with Crippen LogP contribution in [0.15, 0.2) is 24.3 Å². The summed E-state index contributed by atoms with van der Waals surface area (Å²) in [4.78, 5) is 15.1. The van der Waals surface area contributed by atoms with Gasteiger partial charge in [-0.15, -0.1) is 0 Å². The molecule has 28 heavy (non-hydrogen) atoms. The van der Waals surface area contributed by atoms with Gasteiger partial charge in [-0.25, -0.2) is 0 Å². The van der Waals surface area contributed by atoms with Crippen LogP contribution in [0.5, 0.6) is 0 Å². The molecule has 150 valence electrons. The van der Waals surface area contributed by atoms with E-state index < -0.39 is 0 Å². The van der Waals surface area contributed by atoms with E-state index in [1.54, 1.807) is 6.07 Å². The van der Waals surface area contributed by atoms with Crippen molar-refractivity contribution in [2.75, 3.05) is 25.0 Å². The first-order valence-electron chi connectivity index (χ1n) is 10.7. The lowest BCUT2D eigenvalue weighted by atomic mass is 9.64. The zero-order valence-electron chi connectivity index (χ0n) is 16.6. The van der Waals surface area contributed by atoms with Gasteiger partial charge in [-0.1, -0.05) is 36.9 Å². The lowest BCUT2D eigenvalue weighted by molar-refractivity contribution is -0.123. The van der Waals surface area contributed by atoms with E-state index in [0.717, 1.165) is 63.8 Å². The van der Waals surface area contributed by atoms with Crippen LogP contribution in [0.2, 0.25) is 5.02 Å². The van der Waals surface area contributed by atoms with Crippen molar-refractivity contribution in [3.05, 3.63) is 29.3 Å². The Balaban J connectivity index is 1.25. The number of hydrogen-bond donors (Lipinski definition) is 1. The van der Waals surface area contributed by atoms with Crippen molar-refractivity contribution in [2.45, 2.75) is 57.8 Å². The molecule has 1 N–H and O–H groups in total.